The first-order chi connectivity index (χ1) is 13.4. The third-order valence-corrected chi connectivity index (χ3v) is 6.45. The fraction of sp³-hybridized carbons (Fsp3) is 0.368. The zero-order chi connectivity index (χ0) is 20.1. The molecule has 1 aliphatic heterocycles. The predicted molar refractivity (Wildman–Crippen MR) is 104 cm³/mol. The fourth-order valence-corrected chi connectivity index (χ4v) is 4.91. The quantitative estimate of drug-likeness (QED) is 0.516. The van der Waals surface area contributed by atoms with Crippen LogP contribution in [0.15, 0.2) is 53.4 Å². The summed E-state index contributed by atoms with van der Waals surface area (Å²) in [5.74, 6) is 0.362. The second kappa shape index (κ2) is 8.57. The third-order valence-electron chi connectivity index (χ3n) is 4.63. The first-order valence-electron chi connectivity index (χ1n) is 8.96. The standard InChI is InChI=1S/C19H22N2O6S/c1-26-18-11-4-2-9-16(18)20(14-15-8-6-7-13-27-15)28(24,25)19-12-5-3-10-17(19)21(22)23/h2-5,9-12,15H,6-8,13-14H2,1H3/t15-/m1/s1. The van der Waals surface area contributed by atoms with Crippen molar-refractivity contribution in [3.63, 3.8) is 0 Å². The number of nitrogens with zero attached hydrogens (tertiary/aromatic N) is 2. The van der Waals surface area contributed by atoms with E-state index in [0.717, 1.165) is 23.6 Å². The highest BCUT2D eigenvalue weighted by atomic mass is 32.2. The maximum atomic E-state index is 13.5. The molecule has 0 bridgehead atoms. The summed E-state index contributed by atoms with van der Waals surface area (Å²) in [6.45, 7) is 0.616. The maximum Gasteiger partial charge on any atom is 0.289 e. The first-order valence-corrected chi connectivity index (χ1v) is 10.4. The molecule has 28 heavy (non-hydrogen) atoms. The third kappa shape index (κ3) is 4.10. The average molecular weight is 406 g/mol. The second-order valence-electron chi connectivity index (χ2n) is 6.42. The van der Waals surface area contributed by atoms with Crippen LogP contribution in [-0.2, 0) is 14.8 Å². The number of hydrogen-bond donors (Lipinski definition) is 0. The normalized spacial score (nSPS) is 17.1. The van der Waals surface area contributed by atoms with Gasteiger partial charge in [-0.1, -0.05) is 24.3 Å². The molecule has 0 radical (unpaired) electrons. The van der Waals surface area contributed by atoms with Crippen LogP contribution >= 0.6 is 0 Å². The van der Waals surface area contributed by atoms with Gasteiger partial charge >= 0.3 is 0 Å². The number of anilines is 1. The Labute approximate surface area is 163 Å². The number of methoxy groups -OCH3 is 1. The van der Waals surface area contributed by atoms with Gasteiger partial charge in [0.05, 0.1) is 30.4 Å². The summed E-state index contributed by atoms with van der Waals surface area (Å²) in [4.78, 5) is 10.4. The fourth-order valence-electron chi connectivity index (χ4n) is 3.24. The molecule has 0 saturated carbocycles. The lowest BCUT2D eigenvalue weighted by molar-refractivity contribution is -0.387. The van der Waals surface area contributed by atoms with Gasteiger partial charge in [-0.3, -0.25) is 14.4 Å². The van der Waals surface area contributed by atoms with Gasteiger partial charge in [-0.15, -0.1) is 0 Å². The van der Waals surface area contributed by atoms with E-state index in [1.54, 1.807) is 24.3 Å². The van der Waals surface area contributed by atoms with Gasteiger partial charge in [-0.25, -0.2) is 8.42 Å². The van der Waals surface area contributed by atoms with Gasteiger partial charge in [0.25, 0.3) is 15.7 Å². The minimum absolute atomic E-state index is 0.0504. The Morgan fingerprint density at radius 1 is 1.18 bits per heavy atom. The number of nitro benzene ring substituents is 1. The number of benzene rings is 2. The van der Waals surface area contributed by atoms with Crippen molar-refractivity contribution < 1.29 is 22.8 Å². The first kappa shape index (κ1) is 20.1. The van der Waals surface area contributed by atoms with Gasteiger partial charge in [-0.2, -0.15) is 0 Å². The Balaban J connectivity index is 2.11. The van der Waals surface area contributed by atoms with E-state index in [4.69, 9.17) is 9.47 Å². The van der Waals surface area contributed by atoms with Crippen molar-refractivity contribution in [3.05, 3.63) is 58.6 Å². The van der Waals surface area contributed by atoms with Gasteiger partial charge in [0, 0.05) is 12.7 Å². The molecule has 0 spiro atoms. The van der Waals surface area contributed by atoms with E-state index >= 15 is 0 Å². The highest BCUT2D eigenvalue weighted by Gasteiger charge is 2.35. The van der Waals surface area contributed by atoms with Gasteiger partial charge in [-0.05, 0) is 37.5 Å². The lowest BCUT2D eigenvalue weighted by Gasteiger charge is -2.31. The topological polar surface area (TPSA) is 99.0 Å². The summed E-state index contributed by atoms with van der Waals surface area (Å²) in [7, 11) is -2.78. The van der Waals surface area contributed by atoms with Crippen LogP contribution in [0.1, 0.15) is 19.3 Å². The van der Waals surface area contributed by atoms with Crippen molar-refractivity contribution >= 4 is 21.4 Å². The van der Waals surface area contributed by atoms with Crippen LogP contribution < -0.4 is 9.04 Å². The predicted octanol–water partition coefficient (Wildman–Crippen LogP) is 3.37. The molecule has 8 nitrogen and oxygen atoms in total. The summed E-state index contributed by atoms with van der Waals surface area (Å²) in [5.41, 5.74) is -0.149. The molecule has 0 N–H and O–H groups in total. The van der Waals surface area contributed by atoms with E-state index in [1.807, 2.05) is 0 Å². The van der Waals surface area contributed by atoms with Gasteiger partial charge < -0.3 is 9.47 Å². The van der Waals surface area contributed by atoms with E-state index in [1.165, 1.54) is 31.4 Å². The Morgan fingerprint density at radius 3 is 2.57 bits per heavy atom. The maximum absolute atomic E-state index is 13.5. The zero-order valence-electron chi connectivity index (χ0n) is 15.5. The van der Waals surface area contributed by atoms with Crippen LogP contribution in [0.2, 0.25) is 0 Å². The van der Waals surface area contributed by atoms with Crippen LogP contribution in [0.4, 0.5) is 11.4 Å². The van der Waals surface area contributed by atoms with Crippen LogP contribution in [0.5, 0.6) is 5.75 Å². The molecule has 1 heterocycles. The van der Waals surface area contributed by atoms with Crippen LogP contribution in [-0.4, -0.2) is 39.7 Å². The molecule has 150 valence electrons. The number of hydrogen-bond acceptors (Lipinski definition) is 6. The van der Waals surface area contributed by atoms with E-state index < -0.39 is 20.6 Å². The molecule has 1 saturated heterocycles. The molecular formula is C19H22N2O6S. The van der Waals surface area contributed by atoms with Gasteiger partial charge in [0.1, 0.15) is 5.75 Å². The van der Waals surface area contributed by atoms with Gasteiger partial charge in [0.2, 0.25) is 0 Å². The Kier molecular flexibility index (Phi) is 6.15. The van der Waals surface area contributed by atoms with E-state index in [9.17, 15) is 18.5 Å². The van der Waals surface area contributed by atoms with Crippen LogP contribution in [0.25, 0.3) is 0 Å². The summed E-state index contributed by atoms with van der Waals surface area (Å²) in [5, 5.41) is 11.4. The van der Waals surface area contributed by atoms with Crippen molar-refractivity contribution in [2.24, 2.45) is 0 Å². The van der Waals surface area contributed by atoms with Gasteiger partial charge in [0.15, 0.2) is 4.90 Å². The van der Waals surface area contributed by atoms with Crippen LogP contribution in [0, 0.1) is 10.1 Å². The van der Waals surface area contributed by atoms with Crippen molar-refractivity contribution in [2.75, 3.05) is 24.6 Å². The smallest absolute Gasteiger partial charge is 0.289 e. The molecule has 9 heteroatoms. The second-order valence-corrected chi connectivity index (χ2v) is 8.25. The number of nitro groups is 1. The zero-order valence-corrected chi connectivity index (χ0v) is 16.3. The Hall–Kier alpha value is -2.65. The minimum Gasteiger partial charge on any atom is -0.495 e. The summed E-state index contributed by atoms with van der Waals surface area (Å²) in [6, 6.07) is 12.0. The lowest BCUT2D eigenvalue weighted by Crippen LogP contribution is -2.40. The summed E-state index contributed by atoms with van der Waals surface area (Å²) < 4.78 is 39.3. The Morgan fingerprint density at radius 2 is 1.89 bits per heavy atom. The van der Waals surface area contributed by atoms with E-state index in [0.29, 0.717) is 18.0 Å². The number of sulfonamides is 1. The average Bonchev–Trinajstić information content (AvgIpc) is 2.72. The summed E-state index contributed by atoms with van der Waals surface area (Å²) >= 11 is 0. The van der Waals surface area contributed by atoms with E-state index in [-0.39, 0.29) is 17.5 Å². The molecule has 1 fully saturated rings. The molecule has 0 unspecified atom stereocenters. The molecule has 0 aliphatic carbocycles. The highest BCUT2D eigenvalue weighted by molar-refractivity contribution is 7.93. The van der Waals surface area contributed by atoms with Crippen molar-refractivity contribution in [2.45, 2.75) is 30.3 Å². The lowest BCUT2D eigenvalue weighted by atomic mass is 10.1. The number of ether oxygens (including phenoxy) is 2. The van der Waals surface area contributed by atoms with E-state index in [2.05, 4.69) is 0 Å². The molecule has 2 aromatic carbocycles. The highest BCUT2D eigenvalue weighted by Crippen LogP contribution is 2.35. The molecule has 0 amide bonds. The van der Waals surface area contributed by atoms with Crippen molar-refractivity contribution in [1.82, 2.24) is 0 Å². The summed E-state index contributed by atoms with van der Waals surface area (Å²) in [6.07, 6.45) is 2.30. The largest absolute Gasteiger partial charge is 0.495 e. The molecule has 2 aromatic rings. The number of para-hydroxylation sites is 3. The monoisotopic (exact) mass is 406 g/mol. The molecule has 0 aromatic heterocycles. The molecule has 1 aliphatic rings. The molecule has 1 atom stereocenters. The minimum atomic E-state index is -4.23. The molecular weight excluding hydrogens is 384 g/mol. The number of rotatable bonds is 7. The van der Waals surface area contributed by atoms with Crippen molar-refractivity contribution in [1.29, 1.82) is 0 Å². The molecule has 3 rings (SSSR count). The van der Waals surface area contributed by atoms with Crippen molar-refractivity contribution in [3.8, 4) is 5.75 Å². The SMILES string of the molecule is COc1ccccc1N(C[C@H]1CCCCO1)S(=O)(=O)c1ccccc1[N+](=O)[O-]. The Bertz CT molecular complexity index is 941. The van der Waals surface area contributed by atoms with Crippen LogP contribution in [0.3, 0.4) is 0 Å².